The number of hydrogen-bond acceptors (Lipinski definition) is 6. The van der Waals surface area contributed by atoms with E-state index in [-0.39, 0.29) is 30.3 Å². The zero-order valence-corrected chi connectivity index (χ0v) is 13.5. The molecule has 0 saturated heterocycles. The second kappa shape index (κ2) is 5.96. The molecule has 1 aliphatic rings. The van der Waals surface area contributed by atoms with E-state index >= 15 is 0 Å². The van der Waals surface area contributed by atoms with Gasteiger partial charge in [-0.1, -0.05) is 12.1 Å². The zero-order valence-electron chi connectivity index (χ0n) is 13.5. The van der Waals surface area contributed by atoms with Crippen molar-refractivity contribution in [2.75, 3.05) is 10.6 Å². The van der Waals surface area contributed by atoms with Crippen molar-refractivity contribution in [1.29, 1.82) is 0 Å². The fraction of sp³-hybridized carbons (Fsp3) is 0.118. The number of benzene rings is 1. The number of amides is 1. The summed E-state index contributed by atoms with van der Waals surface area (Å²) in [5.41, 5.74) is 8.03. The number of aromatic carboxylic acids is 1. The molecule has 9 nitrogen and oxygen atoms in total. The molecule has 9 heteroatoms. The number of nitrogens with one attached hydrogen (secondary N) is 1. The molecule has 26 heavy (non-hydrogen) atoms. The van der Waals surface area contributed by atoms with Gasteiger partial charge in [-0.05, 0) is 23.8 Å². The maximum atomic E-state index is 12.5. The van der Waals surface area contributed by atoms with Crippen LogP contribution >= 0.6 is 0 Å². The number of nitrogen functional groups attached to an aromatic ring is 1. The molecule has 0 bridgehead atoms. The third-order valence-electron chi connectivity index (χ3n) is 4.16. The Labute approximate surface area is 147 Å². The smallest absolute Gasteiger partial charge is 0.335 e. The molecule has 0 radical (unpaired) electrons. The first-order valence-corrected chi connectivity index (χ1v) is 7.81. The maximum Gasteiger partial charge on any atom is 0.335 e. The van der Waals surface area contributed by atoms with E-state index in [9.17, 15) is 9.59 Å². The van der Waals surface area contributed by atoms with E-state index in [1.54, 1.807) is 24.4 Å². The largest absolute Gasteiger partial charge is 0.478 e. The summed E-state index contributed by atoms with van der Waals surface area (Å²) in [5, 5.41) is 15.8. The molecule has 1 aromatic carbocycles. The molecule has 4 N–H and O–H groups in total. The lowest BCUT2D eigenvalue weighted by molar-refractivity contribution is -0.117. The molecule has 0 spiro atoms. The van der Waals surface area contributed by atoms with Gasteiger partial charge in [-0.2, -0.15) is 5.10 Å². The number of carboxylic acids is 1. The normalized spacial score (nSPS) is 13.1. The lowest BCUT2D eigenvalue weighted by Crippen LogP contribution is -2.26. The summed E-state index contributed by atoms with van der Waals surface area (Å²) in [5.74, 6) is -0.156. The Kier molecular flexibility index (Phi) is 3.61. The third-order valence-corrected chi connectivity index (χ3v) is 4.16. The van der Waals surface area contributed by atoms with Crippen LogP contribution in [0.15, 0.2) is 36.5 Å². The lowest BCUT2D eigenvalue weighted by Gasteiger charge is -2.17. The minimum Gasteiger partial charge on any atom is -0.478 e. The molecular weight excluding hydrogens is 336 g/mol. The van der Waals surface area contributed by atoms with Gasteiger partial charge in [-0.25, -0.2) is 14.8 Å². The third kappa shape index (κ3) is 2.65. The van der Waals surface area contributed by atoms with Crippen molar-refractivity contribution in [3.8, 4) is 11.5 Å². The number of carboxylic acid groups (broad SMARTS) is 1. The van der Waals surface area contributed by atoms with Crippen molar-refractivity contribution in [3.63, 3.8) is 0 Å². The highest BCUT2D eigenvalue weighted by Crippen LogP contribution is 2.33. The highest BCUT2D eigenvalue weighted by atomic mass is 16.4. The topological polar surface area (TPSA) is 138 Å². The number of nitrogens with zero attached hydrogens (tertiary/aromatic N) is 4. The number of aromatic nitrogens is 4. The highest BCUT2D eigenvalue weighted by Gasteiger charge is 2.32. The Morgan fingerprint density at radius 2 is 2.15 bits per heavy atom. The van der Waals surface area contributed by atoms with Crippen molar-refractivity contribution < 1.29 is 14.7 Å². The van der Waals surface area contributed by atoms with Crippen LogP contribution in [-0.4, -0.2) is 37.1 Å². The summed E-state index contributed by atoms with van der Waals surface area (Å²) < 4.78 is 0. The maximum absolute atomic E-state index is 12.5. The fourth-order valence-electron chi connectivity index (χ4n) is 2.90. The Morgan fingerprint density at radius 3 is 2.88 bits per heavy atom. The predicted molar refractivity (Wildman–Crippen MR) is 92.3 cm³/mol. The molecule has 1 amide bonds. The number of fused-ring (bicyclic) bond motifs is 1. The van der Waals surface area contributed by atoms with Crippen molar-refractivity contribution in [3.05, 3.63) is 53.2 Å². The summed E-state index contributed by atoms with van der Waals surface area (Å²) in [7, 11) is 0. The van der Waals surface area contributed by atoms with Crippen molar-refractivity contribution in [2.45, 2.75) is 13.0 Å². The van der Waals surface area contributed by atoms with Gasteiger partial charge in [0.2, 0.25) is 5.91 Å². The molecule has 4 rings (SSSR count). The van der Waals surface area contributed by atoms with Gasteiger partial charge in [-0.15, -0.1) is 0 Å². The molecular formula is C17H14N6O3. The van der Waals surface area contributed by atoms with Crippen LogP contribution in [-0.2, 0) is 17.8 Å². The fourth-order valence-corrected chi connectivity index (χ4v) is 2.90. The number of H-pyrrole nitrogens is 1. The van der Waals surface area contributed by atoms with Crippen LogP contribution in [0.5, 0.6) is 0 Å². The molecule has 2 aromatic heterocycles. The number of aromatic amines is 1. The summed E-state index contributed by atoms with van der Waals surface area (Å²) >= 11 is 0. The molecule has 1 aliphatic heterocycles. The van der Waals surface area contributed by atoms with Gasteiger partial charge in [0.1, 0.15) is 17.3 Å². The Bertz CT molecular complexity index is 1020. The minimum absolute atomic E-state index is 0.114. The molecule has 3 aromatic rings. The lowest BCUT2D eigenvalue weighted by atomic mass is 10.1. The number of rotatable bonds is 4. The average Bonchev–Trinajstić information content (AvgIpc) is 3.25. The second-order valence-corrected chi connectivity index (χ2v) is 5.87. The van der Waals surface area contributed by atoms with Crippen molar-refractivity contribution >= 4 is 23.5 Å². The van der Waals surface area contributed by atoms with E-state index in [1.807, 2.05) is 0 Å². The average molecular weight is 350 g/mol. The van der Waals surface area contributed by atoms with Gasteiger partial charge in [0, 0.05) is 11.8 Å². The number of anilines is 2. The van der Waals surface area contributed by atoms with Gasteiger partial charge < -0.3 is 10.8 Å². The molecule has 3 heterocycles. The summed E-state index contributed by atoms with van der Waals surface area (Å²) in [4.78, 5) is 33.8. The van der Waals surface area contributed by atoms with E-state index in [1.165, 1.54) is 17.0 Å². The van der Waals surface area contributed by atoms with Gasteiger partial charge in [-0.3, -0.25) is 14.8 Å². The SMILES string of the molecule is Nc1nc(-c2ccn[nH]2)nc2c1CC(=O)N2Cc1cccc(C(=O)O)c1. The Hall–Kier alpha value is -3.75. The van der Waals surface area contributed by atoms with E-state index < -0.39 is 5.97 Å². The first-order valence-electron chi connectivity index (χ1n) is 7.81. The Morgan fingerprint density at radius 1 is 1.31 bits per heavy atom. The van der Waals surface area contributed by atoms with Gasteiger partial charge >= 0.3 is 5.97 Å². The first-order chi connectivity index (χ1) is 12.5. The molecule has 0 fully saturated rings. The second-order valence-electron chi connectivity index (χ2n) is 5.87. The van der Waals surface area contributed by atoms with E-state index in [4.69, 9.17) is 10.8 Å². The Balaban J connectivity index is 1.73. The van der Waals surface area contributed by atoms with Crippen LogP contribution in [0.25, 0.3) is 11.5 Å². The van der Waals surface area contributed by atoms with Crippen molar-refractivity contribution in [1.82, 2.24) is 20.2 Å². The highest BCUT2D eigenvalue weighted by molar-refractivity contribution is 6.01. The summed E-state index contributed by atoms with van der Waals surface area (Å²) in [6.07, 6.45) is 1.69. The van der Waals surface area contributed by atoms with Gasteiger partial charge in [0.15, 0.2) is 5.82 Å². The monoisotopic (exact) mass is 350 g/mol. The van der Waals surface area contributed by atoms with Crippen LogP contribution in [0.2, 0.25) is 0 Å². The predicted octanol–water partition coefficient (Wildman–Crippen LogP) is 1.24. The number of carbonyl (C=O) groups excluding carboxylic acids is 1. The molecule has 0 unspecified atom stereocenters. The number of nitrogens with two attached hydrogens (primary N) is 1. The van der Waals surface area contributed by atoms with E-state index in [0.717, 1.165) is 0 Å². The molecule has 0 aliphatic carbocycles. The minimum atomic E-state index is -1.02. The van der Waals surface area contributed by atoms with Gasteiger partial charge in [0.05, 0.1) is 18.5 Å². The van der Waals surface area contributed by atoms with Crippen molar-refractivity contribution in [2.24, 2.45) is 0 Å². The van der Waals surface area contributed by atoms with Crippen LogP contribution in [0.1, 0.15) is 21.5 Å². The molecule has 0 atom stereocenters. The standard InChI is InChI=1S/C17H14N6O3/c18-14-11-7-13(24)23(8-9-2-1-3-10(6-9)17(25)26)16(11)21-15(20-14)12-4-5-19-22-12/h1-6H,7-8H2,(H,19,22)(H,25,26)(H2,18,20,21). The zero-order chi connectivity index (χ0) is 18.3. The number of hydrogen-bond donors (Lipinski definition) is 3. The van der Waals surface area contributed by atoms with Crippen LogP contribution in [0.3, 0.4) is 0 Å². The first kappa shape index (κ1) is 15.8. The number of carbonyl (C=O) groups is 2. The summed E-state index contributed by atoms with van der Waals surface area (Å²) in [6.45, 7) is 0.200. The quantitative estimate of drug-likeness (QED) is 0.643. The van der Waals surface area contributed by atoms with Crippen LogP contribution < -0.4 is 10.6 Å². The van der Waals surface area contributed by atoms with E-state index in [2.05, 4.69) is 20.2 Å². The van der Waals surface area contributed by atoms with E-state index in [0.29, 0.717) is 28.5 Å². The summed E-state index contributed by atoms with van der Waals surface area (Å²) in [6, 6.07) is 8.15. The van der Waals surface area contributed by atoms with Crippen LogP contribution in [0.4, 0.5) is 11.6 Å². The molecule has 0 saturated carbocycles. The van der Waals surface area contributed by atoms with Crippen LogP contribution in [0, 0.1) is 0 Å². The van der Waals surface area contributed by atoms with Gasteiger partial charge in [0.25, 0.3) is 0 Å². The molecule has 130 valence electrons.